The lowest BCUT2D eigenvalue weighted by molar-refractivity contribution is -0.123. The normalized spacial score (nSPS) is 18.6. The molecular weight excluding hydrogens is 214 g/mol. The number of likely N-dealkylation sites (N-methyl/N-ethyl adjacent to an activating group) is 1. The summed E-state index contributed by atoms with van der Waals surface area (Å²) in [6.45, 7) is 1.76. The van der Waals surface area contributed by atoms with E-state index in [0.29, 0.717) is 0 Å². The maximum atomic E-state index is 12.3. The third-order valence-corrected chi connectivity index (χ3v) is 3.40. The molecule has 0 saturated carbocycles. The number of carbonyl (C=O) groups is 1. The van der Waals surface area contributed by atoms with Gasteiger partial charge in [-0.25, -0.2) is 0 Å². The van der Waals surface area contributed by atoms with Gasteiger partial charge in [0.2, 0.25) is 5.91 Å². The number of carbonyl (C=O) groups excluding carboxylic acids is 1. The molecule has 0 spiro atoms. The second kappa shape index (κ2) is 5.29. The van der Waals surface area contributed by atoms with Crippen molar-refractivity contribution in [2.45, 2.75) is 18.4 Å². The van der Waals surface area contributed by atoms with Crippen LogP contribution in [-0.4, -0.2) is 31.6 Å². The SMILES string of the molecule is CNC1(C(=O)Nc2ccccc2)CCNCC1. The van der Waals surface area contributed by atoms with Gasteiger partial charge in [0.25, 0.3) is 0 Å². The van der Waals surface area contributed by atoms with Crippen LogP contribution >= 0.6 is 0 Å². The molecule has 0 radical (unpaired) electrons. The standard InChI is InChI=1S/C13H19N3O/c1-14-13(7-9-15-10-8-13)12(17)16-11-5-3-2-4-6-11/h2-6,14-15H,7-10H2,1H3,(H,16,17). The highest BCUT2D eigenvalue weighted by Crippen LogP contribution is 2.20. The Morgan fingerprint density at radius 1 is 1.24 bits per heavy atom. The molecule has 4 heteroatoms. The number of rotatable bonds is 3. The highest BCUT2D eigenvalue weighted by molar-refractivity contribution is 5.98. The fourth-order valence-corrected chi connectivity index (χ4v) is 2.22. The average Bonchev–Trinajstić information content (AvgIpc) is 2.40. The van der Waals surface area contributed by atoms with Gasteiger partial charge >= 0.3 is 0 Å². The van der Waals surface area contributed by atoms with E-state index in [9.17, 15) is 4.79 Å². The molecule has 0 atom stereocenters. The van der Waals surface area contributed by atoms with Crippen molar-refractivity contribution in [2.75, 3.05) is 25.5 Å². The van der Waals surface area contributed by atoms with Gasteiger partial charge in [-0.1, -0.05) is 18.2 Å². The first-order valence-corrected chi connectivity index (χ1v) is 6.03. The summed E-state index contributed by atoms with van der Waals surface area (Å²) < 4.78 is 0. The fourth-order valence-electron chi connectivity index (χ4n) is 2.22. The predicted molar refractivity (Wildman–Crippen MR) is 69.0 cm³/mol. The summed E-state index contributed by atoms with van der Waals surface area (Å²) in [5.41, 5.74) is 0.423. The number of piperidine rings is 1. The Bertz CT molecular complexity index is 372. The van der Waals surface area contributed by atoms with Gasteiger partial charge in [0, 0.05) is 5.69 Å². The van der Waals surface area contributed by atoms with Crippen molar-refractivity contribution >= 4 is 11.6 Å². The molecule has 17 heavy (non-hydrogen) atoms. The van der Waals surface area contributed by atoms with Crippen LogP contribution in [0.1, 0.15) is 12.8 Å². The molecule has 0 unspecified atom stereocenters. The number of hydrogen-bond acceptors (Lipinski definition) is 3. The van der Waals surface area contributed by atoms with Gasteiger partial charge in [-0.2, -0.15) is 0 Å². The second-order valence-corrected chi connectivity index (χ2v) is 4.40. The molecule has 3 N–H and O–H groups in total. The molecular formula is C13H19N3O. The van der Waals surface area contributed by atoms with E-state index in [2.05, 4.69) is 16.0 Å². The largest absolute Gasteiger partial charge is 0.324 e. The molecule has 4 nitrogen and oxygen atoms in total. The van der Waals surface area contributed by atoms with E-state index >= 15 is 0 Å². The van der Waals surface area contributed by atoms with Crippen LogP contribution in [0.25, 0.3) is 0 Å². The van der Waals surface area contributed by atoms with E-state index in [1.807, 2.05) is 37.4 Å². The highest BCUT2D eigenvalue weighted by Gasteiger charge is 2.37. The zero-order valence-corrected chi connectivity index (χ0v) is 10.1. The van der Waals surface area contributed by atoms with Crippen molar-refractivity contribution in [1.29, 1.82) is 0 Å². The molecule has 1 aromatic carbocycles. The Kier molecular flexibility index (Phi) is 3.76. The lowest BCUT2D eigenvalue weighted by Crippen LogP contribution is -2.58. The molecule has 1 aliphatic rings. The summed E-state index contributed by atoms with van der Waals surface area (Å²) >= 11 is 0. The van der Waals surface area contributed by atoms with Crippen molar-refractivity contribution < 1.29 is 4.79 Å². The van der Waals surface area contributed by atoms with Crippen LogP contribution in [0.15, 0.2) is 30.3 Å². The van der Waals surface area contributed by atoms with Crippen LogP contribution < -0.4 is 16.0 Å². The minimum Gasteiger partial charge on any atom is -0.324 e. The Hall–Kier alpha value is -1.39. The van der Waals surface area contributed by atoms with Crippen molar-refractivity contribution in [3.63, 3.8) is 0 Å². The molecule has 0 aliphatic carbocycles. The number of para-hydroxylation sites is 1. The molecule has 1 heterocycles. The van der Waals surface area contributed by atoms with E-state index in [0.717, 1.165) is 31.6 Å². The van der Waals surface area contributed by atoms with E-state index in [1.165, 1.54) is 0 Å². The zero-order chi connectivity index (χ0) is 12.1. The maximum absolute atomic E-state index is 12.3. The summed E-state index contributed by atoms with van der Waals surface area (Å²) in [7, 11) is 1.86. The molecule has 0 aromatic heterocycles. The molecule has 2 rings (SSSR count). The smallest absolute Gasteiger partial charge is 0.244 e. The Labute approximate surface area is 102 Å². The Morgan fingerprint density at radius 2 is 1.88 bits per heavy atom. The van der Waals surface area contributed by atoms with Gasteiger partial charge in [-0.3, -0.25) is 4.79 Å². The lowest BCUT2D eigenvalue weighted by Gasteiger charge is -2.35. The predicted octanol–water partition coefficient (Wildman–Crippen LogP) is 0.967. The maximum Gasteiger partial charge on any atom is 0.244 e. The molecule has 0 bridgehead atoms. The minimum atomic E-state index is -0.429. The molecule has 1 amide bonds. The first-order chi connectivity index (χ1) is 8.27. The van der Waals surface area contributed by atoms with Gasteiger partial charge in [-0.15, -0.1) is 0 Å². The molecule has 1 aromatic rings. The average molecular weight is 233 g/mol. The van der Waals surface area contributed by atoms with Crippen molar-refractivity contribution in [2.24, 2.45) is 0 Å². The summed E-state index contributed by atoms with van der Waals surface area (Å²) in [6, 6.07) is 9.59. The monoisotopic (exact) mass is 233 g/mol. The first-order valence-electron chi connectivity index (χ1n) is 6.03. The number of amides is 1. The zero-order valence-electron chi connectivity index (χ0n) is 10.1. The molecule has 1 fully saturated rings. The molecule has 1 saturated heterocycles. The number of benzene rings is 1. The molecule has 92 valence electrons. The van der Waals surface area contributed by atoms with Crippen molar-refractivity contribution in [1.82, 2.24) is 10.6 Å². The third kappa shape index (κ3) is 2.65. The number of nitrogens with one attached hydrogen (secondary N) is 3. The molecule has 1 aliphatic heterocycles. The lowest BCUT2D eigenvalue weighted by atomic mass is 9.87. The van der Waals surface area contributed by atoms with Crippen molar-refractivity contribution in [3.8, 4) is 0 Å². The summed E-state index contributed by atoms with van der Waals surface area (Å²) in [5, 5.41) is 9.43. The second-order valence-electron chi connectivity index (χ2n) is 4.40. The number of hydrogen-bond donors (Lipinski definition) is 3. The third-order valence-electron chi connectivity index (χ3n) is 3.40. The minimum absolute atomic E-state index is 0.0627. The fraction of sp³-hybridized carbons (Fsp3) is 0.462. The van der Waals surface area contributed by atoms with Gasteiger partial charge in [0.15, 0.2) is 0 Å². The van der Waals surface area contributed by atoms with Crippen molar-refractivity contribution in [3.05, 3.63) is 30.3 Å². The summed E-state index contributed by atoms with van der Waals surface area (Å²) in [4.78, 5) is 12.3. The van der Waals surface area contributed by atoms with Gasteiger partial charge in [0.05, 0.1) is 0 Å². The summed E-state index contributed by atoms with van der Waals surface area (Å²) in [5.74, 6) is 0.0627. The summed E-state index contributed by atoms with van der Waals surface area (Å²) in [6.07, 6.45) is 1.64. The van der Waals surface area contributed by atoms with E-state index in [1.54, 1.807) is 0 Å². The van der Waals surface area contributed by atoms with Crippen LogP contribution in [0.4, 0.5) is 5.69 Å². The van der Waals surface area contributed by atoms with E-state index in [-0.39, 0.29) is 5.91 Å². The van der Waals surface area contributed by atoms with Crippen LogP contribution in [0.5, 0.6) is 0 Å². The van der Waals surface area contributed by atoms with Crippen LogP contribution in [0.3, 0.4) is 0 Å². The van der Waals surface area contributed by atoms with Crippen LogP contribution in [0, 0.1) is 0 Å². The Morgan fingerprint density at radius 3 is 2.47 bits per heavy atom. The van der Waals surface area contributed by atoms with Gasteiger partial charge in [0.1, 0.15) is 5.54 Å². The van der Waals surface area contributed by atoms with Crippen LogP contribution in [0.2, 0.25) is 0 Å². The van der Waals surface area contributed by atoms with Crippen LogP contribution in [-0.2, 0) is 4.79 Å². The first kappa shape index (κ1) is 12.1. The van der Waals surface area contributed by atoms with E-state index in [4.69, 9.17) is 0 Å². The topological polar surface area (TPSA) is 53.2 Å². The van der Waals surface area contributed by atoms with Gasteiger partial charge < -0.3 is 16.0 Å². The number of anilines is 1. The highest BCUT2D eigenvalue weighted by atomic mass is 16.2. The Balaban J connectivity index is 2.07. The van der Waals surface area contributed by atoms with E-state index < -0.39 is 5.54 Å². The quantitative estimate of drug-likeness (QED) is 0.729. The van der Waals surface area contributed by atoms with Gasteiger partial charge in [-0.05, 0) is 45.1 Å².